The molecule has 11 heavy (non-hydrogen) atoms. The molecule has 2 rings (SSSR count). The lowest BCUT2D eigenvalue weighted by atomic mass is 10.0. The SMILES string of the molecule is C=C1NC(C)=CC2=C1CCC2. The minimum atomic E-state index is 1.12. The van der Waals surface area contributed by atoms with Gasteiger partial charge in [-0.2, -0.15) is 0 Å². The van der Waals surface area contributed by atoms with Gasteiger partial charge in [-0.15, -0.1) is 0 Å². The number of hydrogen-bond acceptors (Lipinski definition) is 1. The highest BCUT2D eigenvalue weighted by Gasteiger charge is 2.18. The Morgan fingerprint density at radius 2 is 2.27 bits per heavy atom. The van der Waals surface area contributed by atoms with Crippen molar-refractivity contribution in [3.63, 3.8) is 0 Å². The van der Waals surface area contributed by atoms with E-state index in [4.69, 9.17) is 0 Å². The topological polar surface area (TPSA) is 12.0 Å². The van der Waals surface area contributed by atoms with Crippen molar-refractivity contribution >= 4 is 0 Å². The Balaban J connectivity index is 2.41. The Morgan fingerprint density at radius 3 is 3.09 bits per heavy atom. The van der Waals surface area contributed by atoms with Crippen molar-refractivity contribution < 1.29 is 0 Å². The maximum Gasteiger partial charge on any atom is 0.0344 e. The minimum Gasteiger partial charge on any atom is -0.359 e. The molecule has 0 saturated carbocycles. The second kappa shape index (κ2) is 2.26. The smallest absolute Gasteiger partial charge is 0.0344 e. The van der Waals surface area contributed by atoms with Gasteiger partial charge < -0.3 is 5.32 Å². The van der Waals surface area contributed by atoms with E-state index in [1.807, 2.05) is 0 Å². The Labute approximate surface area is 67.5 Å². The molecule has 0 fully saturated rings. The molecule has 1 heteroatoms. The van der Waals surface area contributed by atoms with E-state index >= 15 is 0 Å². The average Bonchev–Trinajstić information content (AvgIpc) is 2.34. The van der Waals surface area contributed by atoms with Crippen LogP contribution in [0.25, 0.3) is 0 Å². The van der Waals surface area contributed by atoms with Crippen molar-refractivity contribution in [2.24, 2.45) is 0 Å². The van der Waals surface area contributed by atoms with Crippen LogP contribution in [0.1, 0.15) is 26.2 Å². The zero-order valence-corrected chi connectivity index (χ0v) is 6.91. The maximum absolute atomic E-state index is 4.00. The number of hydrogen-bond donors (Lipinski definition) is 1. The Hall–Kier alpha value is -0.980. The van der Waals surface area contributed by atoms with Crippen LogP contribution in [0.4, 0.5) is 0 Å². The van der Waals surface area contributed by atoms with Crippen molar-refractivity contribution in [2.45, 2.75) is 26.2 Å². The van der Waals surface area contributed by atoms with Crippen molar-refractivity contribution in [3.05, 3.63) is 35.2 Å². The molecule has 1 nitrogen and oxygen atoms in total. The summed E-state index contributed by atoms with van der Waals surface area (Å²) < 4.78 is 0. The molecule has 1 aliphatic carbocycles. The van der Waals surface area contributed by atoms with Gasteiger partial charge in [0.2, 0.25) is 0 Å². The van der Waals surface area contributed by atoms with Gasteiger partial charge in [0.05, 0.1) is 0 Å². The maximum atomic E-state index is 4.00. The Morgan fingerprint density at radius 1 is 1.45 bits per heavy atom. The quantitative estimate of drug-likeness (QED) is 0.555. The second-order valence-electron chi connectivity index (χ2n) is 3.29. The third-order valence-electron chi connectivity index (χ3n) is 2.36. The molecule has 0 bridgehead atoms. The third kappa shape index (κ3) is 1.01. The lowest BCUT2D eigenvalue weighted by Crippen LogP contribution is -2.15. The monoisotopic (exact) mass is 147 g/mol. The number of nitrogens with one attached hydrogen (secondary N) is 1. The average molecular weight is 147 g/mol. The van der Waals surface area contributed by atoms with Crippen LogP contribution < -0.4 is 5.32 Å². The molecule has 0 amide bonds. The van der Waals surface area contributed by atoms with E-state index in [9.17, 15) is 0 Å². The molecule has 58 valence electrons. The van der Waals surface area contributed by atoms with E-state index in [1.165, 1.54) is 36.1 Å². The normalized spacial score (nSPS) is 23.0. The summed E-state index contributed by atoms with van der Waals surface area (Å²) in [6.45, 7) is 6.09. The molecule has 1 heterocycles. The van der Waals surface area contributed by atoms with Gasteiger partial charge in [-0.05, 0) is 43.4 Å². The summed E-state index contributed by atoms with van der Waals surface area (Å²) in [6, 6.07) is 0. The highest BCUT2D eigenvalue weighted by Crippen LogP contribution is 2.33. The van der Waals surface area contributed by atoms with E-state index in [-0.39, 0.29) is 0 Å². The zero-order chi connectivity index (χ0) is 7.84. The fourth-order valence-corrected chi connectivity index (χ4v) is 1.88. The fraction of sp³-hybridized carbons (Fsp3) is 0.400. The first-order chi connectivity index (χ1) is 5.27. The minimum absolute atomic E-state index is 1.12. The molecule has 1 N–H and O–H groups in total. The summed E-state index contributed by atoms with van der Waals surface area (Å²) in [5, 5.41) is 3.26. The molecule has 0 unspecified atom stereocenters. The van der Waals surface area contributed by atoms with Crippen molar-refractivity contribution in [1.29, 1.82) is 0 Å². The number of allylic oxidation sites excluding steroid dienone is 4. The van der Waals surface area contributed by atoms with Crippen molar-refractivity contribution in [2.75, 3.05) is 0 Å². The third-order valence-corrected chi connectivity index (χ3v) is 2.36. The Kier molecular flexibility index (Phi) is 1.38. The summed E-state index contributed by atoms with van der Waals surface area (Å²) in [5.41, 5.74) is 5.31. The first-order valence-corrected chi connectivity index (χ1v) is 4.14. The molecule has 2 aliphatic rings. The molecule has 0 aromatic heterocycles. The van der Waals surface area contributed by atoms with Gasteiger partial charge in [0, 0.05) is 11.4 Å². The predicted molar refractivity (Wildman–Crippen MR) is 46.9 cm³/mol. The van der Waals surface area contributed by atoms with Gasteiger partial charge in [-0.25, -0.2) is 0 Å². The predicted octanol–water partition coefficient (Wildman–Crippen LogP) is 2.49. The first kappa shape index (κ1) is 6.71. The van der Waals surface area contributed by atoms with Crippen LogP contribution in [-0.4, -0.2) is 0 Å². The van der Waals surface area contributed by atoms with E-state index in [2.05, 4.69) is 24.9 Å². The van der Waals surface area contributed by atoms with E-state index in [0.29, 0.717) is 0 Å². The van der Waals surface area contributed by atoms with E-state index in [0.717, 1.165) is 5.70 Å². The van der Waals surface area contributed by atoms with Crippen molar-refractivity contribution in [1.82, 2.24) is 5.32 Å². The summed E-state index contributed by atoms with van der Waals surface area (Å²) in [4.78, 5) is 0. The fourth-order valence-electron chi connectivity index (χ4n) is 1.88. The molecule has 0 aromatic carbocycles. The molecular weight excluding hydrogens is 134 g/mol. The molecule has 0 radical (unpaired) electrons. The zero-order valence-electron chi connectivity index (χ0n) is 6.91. The number of rotatable bonds is 0. The molecule has 1 aliphatic heterocycles. The second-order valence-corrected chi connectivity index (χ2v) is 3.29. The van der Waals surface area contributed by atoms with E-state index in [1.54, 1.807) is 0 Å². The molecule has 0 aromatic rings. The largest absolute Gasteiger partial charge is 0.359 e. The van der Waals surface area contributed by atoms with Gasteiger partial charge in [-0.3, -0.25) is 0 Å². The standard InChI is InChI=1S/C10H13N/c1-7-6-9-4-3-5-10(9)8(2)11-7/h6,11H,2-5H2,1H3. The van der Waals surface area contributed by atoms with Crippen LogP contribution in [0.2, 0.25) is 0 Å². The molecular formula is C10H13N. The number of dihydropyridines is 1. The Bertz CT molecular complexity index is 269. The molecule has 0 saturated heterocycles. The van der Waals surface area contributed by atoms with Crippen LogP contribution in [0, 0.1) is 0 Å². The van der Waals surface area contributed by atoms with Crippen LogP contribution >= 0.6 is 0 Å². The highest BCUT2D eigenvalue weighted by molar-refractivity contribution is 5.46. The van der Waals surface area contributed by atoms with Crippen LogP contribution in [-0.2, 0) is 0 Å². The van der Waals surface area contributed by atoms with Crippen LogP contribution in [0.15, 0.2) is 35.2 Å². The van der Waals surface area contributed by atoms with Gasteiger partial charge in [0.15, 0.2) is 0 Å². The van der Waals surface area contributed by atoms with E-state index < -0.39 is 0 Å². The van der Waals surface area contributed by atoms with Gasteiger partial charge in [0.25, 0.3) is 0 Å². The molecule has 0 spiro atoms. The summed E-state index contributed by atoms with van der Waals surface area (Å²) in [7, 11) is 0. The van der Waals surface area contributed by atoms with Crippen LogP contribution in [0.3, 0.4) is 0 Å². The van der Waals surface area contributed by atoms with Crippen LogP contribution in [0.5, 0.6) is 0 Å². The van der Waals surface area contributed by atoms with Crippen molar-refractivity contribution in [3.8, 4) is 0 Å². The lowest BCUT2D eigenvalue weighted by molar-refractivity contribution is 0.891. The summed E-state index contributed by atoms with van der Waals surface area (Å²) >= 11 is 0. The summed E-state index contributed by atoms with van der Waals surface area (Å²) in [5.74, 6) is 0. The lowest BCUT2D eigenvalue weighted by Gasteiger charge is -2.17. The van der Waals surface area contributed by atoms with Gasteiger partial charge in [0.1, 0.15) is 0 Å². The first-order valence-electron chi connectivity index (χ1n) is 4.14. The van der Waals surface area contributed by atoms with Gasteiger partial charge >= 0.3 is 0 Å². The highest BCUT2D eigenvalue weighted by atomic mass is 14.9. The van der Waals surface area contributed by atoms with Gasteiger partial charge in [-0.1, -0.05) is 6.58 Å². The summed E-state index contributed by atoms with van der Waals surface area (Å²) in [6.07, 6.45) is 6.00. The molecule has 0 atom stereocenters.